The minimum absolute atomic E-state index is 0.0276. The summed E-state index contributed by atoms with van der Waals surface area (Å²) in [6, 6.07) is 6.78. The maximum absolute atomic E-state index is 14.0. The number of nitrogens with two attached hydrogens (primary N) is 1. The molecule has 0 unspecified atom stereocenters. The monoisotopic (exact) mass is 456 g/mol. The van der Waals surface area contributed by atoms with Crippen LogP contribution in [0.15, 0.2) is 44.2 Å². The van der Waals surface area contributed by atoms with E-state index in [0.29, 0.717) is 9.50 Å². The van der Waals surface area contributed by atoms with Gasteiger partial charge in [-0.15, -0.1) is 0 Å². The molecule has 0 aromatic heterocycles. The minimum Gasteiger partial charge on any atom is -0.399 e. The Kier molecular flexibility index (Phi) is 4.82. The number of nitrogens with one attached hydrogen (secondary N) is 1. The Morgan fingerprint density at radius 2 is 1.81 bits per heavy atom. The second-order valence-corrected chi connectivity index (χ2v) is 7.82. The van der Waals surface area contributed by atoms with Gasteiger partial charge in [0.25, 0.3) is 10.0 Å². The molecule has 9 heteroatoms. The molecule has 4 nitrogen and oxygen atoms in total. The molecule has 2 aromatic rings. The van der Waals surface area contributed by atoms with Crippen LogP contribution in [-0.2, 0) is 10.0 Å². The summed E-state index contributed by atoms with van der Waals surface area (Å²) in [7, 11) is -4.12. The zero-order chi connectivity index (χ0) is 15.8. The van der Waals surface area contributed by atoms with Crippen molar-refractivity contribution in [3.8, 4) is 0 Å². The lowest BCUT2D eigenvalue weighted by molar-refractivity contribution is 0.567. The van der Waals surface area contributed by atoms with E-state index in [4.69, 9.17) is 17.3 Å². The van der Waals surface area contributed by atoms with Crippen molar-refractivity contribution in [2.45, 2.75) is 4.90 Å². The number of anilines is 2. The van der Waals surface area contributed by atoms with Crippen molar-refractivity contribution in [2.24, 2.45) is 0 Å². The average Bonchev–Trinajstić information content (AvgIpc) is 2.37. The van der Waals surface area contributed by atoms with E-state index in [-0.39, 0.29) is 15.8 Å². The number of benzene rings is 2. The zero-order valence-electron chi connectivity index (χ0n) is 10.2. The lowest BCUT2D eigenvalue weighted by atomic mass is 10.3. The van der Waals surface area contributed by atoms with Crippen molar-refractivity contribution in [3.05, 3.63) is 50.1 Å². The molecule has 0 aliphatic rings. The van der Waals surface area contributed by atoms with Crippen molar-refractivity contribution in [1.82, 2.24) is 0 Å². The summed E-state index contributed by atoms with van der Waals surface area (Å²) in [5.41, 5.74) is 5.91. The zero-order valence-corrected chi connectivity index (χ0v) is 14.9. The standard InChI is InChI=1S/C12H8Br2ClFN2O2S/c13-8-5-7(1-2-10(8)15)18-21(19,20)11-4-6(17)3-9(14)12(11)16/h1-5,18H,17H2. The van der Waals surface area contributed by atoms with Crippen LogP contribution in [0, 0.1) is 5.82 Å². The average molecular weight is 459 g/mol. The third-order valence-corrected chi connectivity index (χ3v) is 5.65. The van der Waals surface area contributed by atoms with Crippen LogP contribution in [0.1, 0.15) is 0 Å². The first-order valence-electron chi connectivity index (χ1n) is 5.43. The first-order valence-corrected chi connectivity index (χ1v) is 8.88. The molecular formula is C12H8Br2ClFN2O2S. The van der Waals surface area contributed by atoms with Gasteiger partial charge in [-0.05, 0) is 62.2 Å². The molecule has 0 aliphatic heterocycles. The molecule has 0 atom stereocenters. The number of sulfonamides is 1. The van der Waals surface area contributed by atoms with Gasteiger partial charge in [-0.2, -0.15) is 0 Å². The SMILES string of the molecule is Nc1cc(Br)c(F)c(S(=O)(=O)Nc2ccc(Cl)c(Br)c2)c1. The van der Waals surface area contributed by atoms with E-state index in [2.05, 4.69) is 36.6 Å². The Bertz CT molecular complexity index is 815. The highest BCUT2D eigenvalue weighted by molar-refractivity contribution is 9.10. The van der Waals surface area contributed by atoms with Crippen molar-refractivity contribution in [3.63, 3.8) is 0 Å². The van der Waals surface area contributed by atoms with Crippen LogP contribution in [0.2, 0.25) is 5.02 Å². The molecule has 0 saturated carbocycles. The summed E-state index contributed by atoms with van der Waals surface area (Å²) in [6.07, 6.45) is 0. The van der Waals surface area contributed by atoms with Gasteiger partial charge in [0.15, 0.2) is 5.82 Å². The fraction of sp³-hybridized carbons (Fsp3) is 0. The van der Waals surface area contributed by atoms with Gasteiger partial charge in [0.2, 0.25) is 0 Å². The largest absolute Gasteiger partial charge is 0.399 e. The fourth-order valence-corrected chi connectivity index (χ4v) is 3.84. The molecule has 21 heavy (non-hydrogen) atoms. The van der Waals surface area contributed by atoms with E-state index in [9.17, 15) is 12.8 Å². The molecular weight excluding hydrogens is 450 g/mol. The molecule has 0 aliphatic carbocycles. The second kappa shape index (κ2) is 6.12. The molecule has 0 bridgehead atoms. The van der Waals surface area contributed by atoms with Crippen molar-refractivity contribution < 1.29 is 12.8 Å². The van der Waals surface area contributed by atoms with Crippen molar-refractivity contribution >= 4 is 64.9 Å². The topological polar surface area (TPSA) is 72.2 Å². The summed E-state index contributed by atoms with van der Waals surface area (Å²) in [4.78, 5) is -0.541. The van der Waals surface area contributed by atoms with Crippen LogP contribution >= 0.6 is 43.5 Å². The highest BCUT2D eigenvalue weighted by atomic mass is 79.9. The second-order valence-electron chi connectivity index (χ2n) is 4.05. The Morgan fingerprint density at radius 3 is 2.43 bits per heavy atom. The quantitative estimate of drug-likeness (QED) is 0.671. The normalized spacial score (nSPS) is 11.4. The summed E-state index contributed by atoms with van der Waals surface area (Å²) in [5, 5.41) is 0.427. The van der Waals surface area contributed by atoms with Crippen LogP contribution in [0.5, 0.6) is 0 Å². The molecule has 2 rings (SSSR count). The first kappa shape index (κ1) is 16.5. The summed E-state index contributed by atoms with van der Waals surface area (Å²) in [5.74, 6) is -0.912. The highest BCUT2D eigenvalue weighted by Crippen LogP contribution is 2.30. The van der Waals surface area contributed by atoms with Gasteiger partial charge in [-0.25, -0.2) is 12.8 Å². The van der Waals surface area contributed by atoms with Crippen LogP contribution in [-0.4, -0.2) is 8.42 Å². The molecule has 0 amide bonds. The van der Waals surface area contributed by atoms with Gasteiger partial charge in [-0.3, -0.25) is 4.72 Å². The molecule has 112 valence electrons. The van der Waals surface area contributed by atoms with Crippen molar-refractivity contribution in [1.29, 1.82) is 0 Å². The van der Waals surface area contributed by atoms with E-state index in [0.717, 1.165) is 6.07 Å². The molecule has 2 aromatic carbocycles. The van der Waals surface area contributed by atoms with Crippen LogP contribution in [0.3, 0.4) is 0 Å². The summed E-state index contributed by atoms with van der Waals surface area (Å²) in [6.45, 7) is 0. The first-order chi connectivity index (χ1) is 9.70. The Hall–Kier alpha value is -0.830. The third-order valence-electron chi connectivity index (χ3n) is 2.48. The van der Waals surface area contributed by atoms with Gasteiger partial charge in [0.05, 0.1) is 15.2 Å². The van der Waals surface area contributed by atoms with E-state index in [1.165, 1.54) is 24.3 Å². The van der Waals surface area contributed by atoms with E-state index < -0.39 is 20.7 Å². The summed E-state index contributed by atoms with van der Waals surface area (Å²) < 4.78 is 41.2. The molecule has 0 fully saturated rings. The van der Waals surface area contributed by atoms with E-state index in [1.807, 2.05) is 0 Å². The minimum atomic E-state index is -4.12. The Balaban J connectivity index is 2.45. The van der Waals surface area contributed by atoms with Crippen LogP contribution < -0.4 is 10.5 Å². The van der Waals surface area contributed by atoms with E-state index in [1.54, 1.807) is 0 Å². The Morgan fingerprint density at radius 1 is 1.14 bits per heavy atom. The molecule has 0 heterocycles. The van der Waals surface area contributed by atoms with Crippen LogP contribution in [0.25, 0.3) is 0 Å². The van der Waals surface area contributed by atoms with E-state index >= 15 is 0 Å². The predicted molar refractivity (Wildman–Crippen MR) is 88.5 cm³/mol. The lowest BCUT2D eigenvalue weighted by Gasteiger charge is -2.11. The predicted octanol–water partition coefficient (Wildman–Crippen LogP) is 4.39. The van der Waals surface area contributed by atoms with Gasteiger partial charge in [0, 0.05) is 10.2 Å². The smallest absolute Gasteiger partial charge is 0.264 e. The number of rotatable bonds is 3. The number of hydrogen-bond donors (Lipinski definition) is 2. The van der Waals surface area contributed by atoms with Crippen molar-refractivity contribution in [2.75, 3.05) is 10.5 Å². The number of halogens is 4. The van der Waals surface area contributed by atoms with Gasteiger partial charge >= 0.3 is 0 Å². The number of hydrogen-bond acceptors (Lipinski definition) is 3. The van der Waals surface area contributed by atoms with Crippen LogP contribution in [0.4, 0.5) is 15.8 Å². The lowest BCUT2D eigenvalue weighted by Crippen LogP contribution is -2.15. The fourth-order valence-electron chi connectivity index (χ4n) is 1.55. The highest BCUT2D eigenvalue weighted by Gasteiger charge is 2.22. The maximum atomic E-state index is 14.0. The molecule has 3 N–H and O–H groups in total. The van der Waals surface area contributed by atoms with Gasteiger partial charge in [0.1, 0.15) is 4.90 Å². The molecule has 0 radical (unpaired) electrons. The third kappa shape index (κ3) is 3.68. The molecule has 0 spiro atoms. The van der Waals surface area contributed by atoms with Gasteiger partial charge < -0.3 is 5.73 Å². The number of nitrogen functional groups attached to an aromatic ring is 1. The molecule has 0 saturated heterocycles. The maximum Gasteiger partial charge on any atom is 0.264 e. The Labute approximate surface area is 142 Å². The summed E-state index contributed by atoms with van der Waals surface area (Å²) >= 11 is 11.9. The van der Waals surface area contributed by atoms with Gasteiger partial charge in [-0.1, -0.05) is 11.6 Å².